The van der Waals surface area contributed by atoms with Crippen LogP contribution in [0.3, 0.4) is 0 Å². The molecule has 5 nitrogen and oxygen atoms in total. The standard InChI is InChI=1S/C18H15BrO5/c1-17(8-9-2-4-10(19)5-3-9)14(20)12-11-6-7-18(23,16(22)24-11)13(12)15(17)21/h2-7,11-13,23H,8H2,1H3/t11-,12-,13+,17+,18-/m1/s1. The molecule has 2 heterocycles. The summed E-state index contributed by atoms with van der Waals surface area (Å²) in [7, 11) is 0. The van der Waals surface area contributed by atoms with Crippen LogP contribution in [0.5, 0.6) is 0 Å². The van der Waals surface area contributed by atoms with Gasteiger partial charge in [-0.25, -0.2) is 4.79 Å². The second kappa shape index (κ2) is 4.86. The Kier molecular flexibility index (Phi) is 3.19. The molecule has 6 heteroatoms. The number of ketones is 2. The number of esters is 1. The molecule has 2 aliphatic carbocycles. The van der Waals surface area contributed by atoms with Crippen LogP contribution in [0.25, 0.3) is 0 Å². The van der Waals surface area contributed by atoms with Crippen molar-refractivity contribution < 1.29 is 24.2 Å². The lowest BCUT2D eigenvalue weighted by atomic mass is 9.70. The minimum absolute atomic E-state index is 0.238. The topological polar surface area (TPSA) is 80.7 Å². The largest absolute Gasteiger partial charge is 0.455 e. The molecular formula is C18H15BrO5. The molecule has 0 amide bonds. The van der Waals surface area contributed by atoms with Gasteiger partial charge in [-0.1, -0.05) is 28.1 Å². The molecule has 5 atom stereocenters. The van der Waals surface area contributed by atoms with Crippen LogP contribution in [0, 0.1) is 17.3 Å². The Morgan fingerprint density at radius 2 is 1.83 bits per heavy atom. The summed E-state index contributed by atoms with van der Waals surface area (Å²) < 4.78 is 6.03. The maximum Gasteiger partial charge on any atom is 0.343 e. The fourth-order valence-electron chi connectivity index (χ4n) is 4.13. The van der Waals surface area contributed by atoms with E-state index in [-0.39, 0.29) is 18.0 Å². The first-order valence-corrected chi connectivity index (χ1v) is 8.52. The number of benzene rings is 1. The van der Waals surface area contributed by atoms with Crippen LogP contribution < -0.4 is 0 Å². The summed E-state index contributed by atoms with van der Waals surface area (Å²) in [5.74, 6) is -3.34. The second-order valence-corrected chi connectivity index (χ2v) is 7.84. The average molecular weight is 391 g/mol. The van der Waals surface area contributed by atoms with Crippen molar-refractivity contribution in [2.24, 2.45) is 17.3 Å². The molecule has 0 radical (unpaired) electrons. The summed E-state index contributed by atoms with van der Waals surface area (Å²) in [6.45, 7) is 1.60. The number of Topliss-reactive ketones (excluding diaryl/α,β-unsaturated/α-hetero) is 2. The highest BCUT2D eigenvalue weighted by molar-refractivity contribution is 9.10. The van der Waals surface area contributed by atoms with E-state index in [1.54, 1.807) is 6.92 Å². The van der Waals surface area contributed by atoms with Crippen LogP contribution in [0.15, 0.2) is 40.9 Å². The summed E-state index contributed by atoms with van der Waals surface area (Å²) in [5, 5.41) is 10.6. The molecule has 124 valence electrons. The van der Waals surface area contributed by atoms with Crippen LogP contribution in [0.1, 0.15) is 12.5 Å². The van der Waals surface area contributed by atoms with Crippen molar-refractivity contribution in [2.75, 3.05) is 0 Å². The van der Waals surface area contributed by atoms with E-state index in [1.807, 2.05) is 24.3 Å². The Bertz CT molecular complexity index is 798. The van der Waals surface area contributed by atoms with Crippen molar-refractivity contribution in [3.63, 3.8) is 0 Å². The van der Waals surface area contributed by atoms with Gasteiger partial charge in [0, 0.05) is 4.47 Å². The van der Waals surface area contributed by atoms with E-state index >= 15 is 0 Å². The van der Waals surface area contributed by atoms with Crippen LogP contribution in [-0.4, -0.2) is 34.3 Å². The van der Waals surface area contributed by atoms with Gasteiger partial charge < -0.3 is 9.84 Å². The monoisotopic (exact) mass is 390 g/mol. The zero-order valence-corrected chi connectivity index (χ0v) is 14.4. The third kappa shape index (κ3) is 1.87. The summed E-state index contributed by atoms with van der Waals surface area (Å²) in [5.41, 5.74) is -2.44. The number of carbonyl (C=O) groups is 3. The maximum atomic E-state index is 13.1. The van der Waals surface area contributed by atoms with Gasteiger partial charge in [-0.15, -0.1) is 0 Å². The smallest absolute Gasteiger partial charge is 0.343 e. The first-order valence-electron chi connectivity index (χ1n) is 7.73. The maximum absolute atomic E-state index is 13.1. The van der Waals surface area contributed by atoms with Gasteiger partial charge in [0.2, 0.25) is 0 Å². The molecule has 2 fully saturated rings. The predicted octanol–water partition coefficient (Wildman–Crippen LogP) is 1.61. The molecule has 2 aliphatic heterocycles. The number of rotatable bonds is 2. The number of carbonyl (C=O) groups excluding carboxylic acids is 3. The molecule has 1 saturated heterocycles. The molecular weight excluding hydrogens is 376 g/mol. The summed E-state index contributed by atoms with van der Waals surface area (Å²) >= 11 is 3.35. The molecule has 4 aliphatic rings. The van der Waals surface area contributed by atoms with E-state index in [1.165, 1.54) is 12.2 Å². The number of fused-ring (bicyclic) bond motifs is 1. The van der Waals surface area contributed by atoms with Gasteiger partial charge in [0.05, 0.1) is 17.3 Å². The van der Waals surface area contributed by atoms with E-state index in [9.17, 15) is 19.5 Å². The number of hydrogen-bond acceptors (Lipinski definition) is 5. The Morgan fingerprint density at radius 1 is 1.17 bits per heavy atom. The highest BCUT2D eigenvalue weighted by Gasteiger charge is 2.71. The van der Waals surface area contributed by atoms with Gasteiger partial charge >= 0.3 is 5.97 Å². The van der Waals surface area contributed by atoms with Crippen LogP contribution in [0.4, 0.5) is 0 Å². The van der Waals surface area contributed by atoms with E-state index in [2.05, 4.69) is 15.9 Å². The zero-order chi connectivity index (χ0) is 17.3. The molecule has 24 heavy (non-hydrogen) atoms. The second-order valence-electron chi connectivity index (χ2n) is 6.92. The first-order chi connectivity index (χ1) is 11.3. The highest BCUT2D eigenvalue weighted by atomic mass is 79.9. The number of hydrogen-bond donors (Lipinski definition) is 1. The molecule has 0 aromatic heterocycles. The van der Waals surface area contributed by atoms with Crippen LogP contribution in [-0.2, 0) is 25.5 Å². The average Bonchev–Trinajstić information content (AvgIpc) is 2.75. The van der Waals surface area contributed by atoms with E-state index in [0.29, 0.717) is 0 Å². The minimum Gasteiger partial charge on any atom is -0.455 e. The van der Waals surface area contributed by atoms with E-state index in [4.69, 9.17) is 4.74 Å². The molecule has 2 bridgehead atoms. The molecule has 1 aromatic carbocycles. The Balaban J connectivity index is 1.75. The normalized spacial score (nSPS) is 40.0. The van der Waals surface area contributed by atoms with Crippen molar-refractivity contribution in [3.8, 4) is 0 Å². The van der Waals surface area contributed by atoms with Crippen molar-refractivity contribution in [1.29, 1.82) is 0 Å². The van der Waals surface area contributed by atoms with Gasteiger partial charge in [0.1, 0.15) is 6.10 Å². The number of aliphatic hydroxyl groups is 1. The van der Waals surface area contributed by atoms with Gasteiger partial charge in [0.25, 0.3) is 0 Å². The minimum atomic E-state index is -2.02. The van der Waals surface area contributed by atoms with Gasteiger partial charge in [-0.3, -0.25) is 9.59 Å². The first kappa shape index (κ1) is 15.7. The molecule has 1 saturated carbocycles. The van der Waals surface area contributed by atoms with Gasteiger partial charge in [-0.05, 0) is 43.2 Å². The van der Waals surface area contributed by atoms with Crippen molar-refractivity contribution in [1.82, 2.24) is 0 Å². The third-order valence-electron chi connectivity index (χ3n) is 5.44. The molecule has 1 aromatic rings. The van der Waals surface area contributed by atoms with Crippen molar-refractivity contribution >= 4 is 33.5 Å². The third-order valence-corrected chi connectivity index (χ3v) is 5.97. The SMILES string of the molecule is C[C@]1(Cc2ccc(Br)cc2)C(=O)[C@H]2[C@@H](C1=O)[C@]1(O)C=C[C@H]2OC1=O. The Labute approximate surface area is 146 Å². The molecule has 0 unspecified atom stereocenters. The lowest BCUT2D eigenvalue weighted by Gasteiger charge is -2.43. The summed E-state index contributed by atoms with van der Waals surface area (Å²) in [6.07, 6.45) is 2.29. The zero-order valence-electron chi connectivity index (χ0n) is 12.9. The predicted molar refractivity (Wildman–Crippen MR) is 86.9 cm³/mol. The number of halogens is 1. The fraction of sp³-hybridized carbons (Fsp3) is 0.389. The molecule has 0 spiro atoms. The van der Waals surface area contributed by atoms with Gasteiger partial charge in [-0.2, -0.15) is 0 Å². The molecule has 1 N–H and O–H groups in total. The van der Waals surface area contributed by atoms with Crippen molar-refractivity contribution in [2.45, 2.75) is 25.0 Å². The lowest BCUT2D eigenvalue weighted by molar-refractivity contribution is -0.192. The molecule has 5 rings (SSSR count). The lowest BCUT2D eigenvalue weighted by Crippen LogP contribution is -2.60. The van der Waals surface area contributed by atoms with E-state index in [0.717, 1.165) is 10.0 Å². The fourth-order valence-corrected chi connectivity index (χ4v) is 4.40. The summed E-state index contributed by atoms with van der Waals surface area (Å²) in [4.78, 5) is 38.1. The Morgan fingerprint density at radius 3 is 2.46 bits per heavy atom. The number of ether oxygens (including phenoxy) is 1. The highest BCUT2D eigenvalue weighted by Crippen LogP contribution is 2.53. The van der Waals surface area contributed by atoms with Crippen molar-refractivity contribution in [3.05, 3.63) is 46.5 Å². The quantitative estimate of drug-likeness (QED) is 0.471. The van der Waals surface area contributed by atoms with Crippen LogP contribution >= 0.6 is 15.9 Å². The van der Waals surface area contributed by atoms with Gasteiger partial charge in [0.15, 0.2) is 17.2 Å². The van der Waals surface area contributed by atoms with E-state index < -0.39 is 34.9 Å². The van der Waals surface area contributed by atoms with Crippen LogP contribution in [0.2, 0.25) is 0 Å². The Hall–Kier alpha value is -1.79. The summed E-state index contributed by atoms with van der Waals surface area (Å²) in [6, 6.07) is 7.39.